The summed E-state index contributed by atoms with van der Waals surface area (Å²) in [5.41, 5.74) is 8.82. The quantitative estimate of drug-likeness (QED) is 0.742. The van der Waals surface area contributed by atoms with Crippen molar-refractivity contribution >= 4 is 11.9 Å². The van der Waals surface area contributed by atoms with E-state index in [0.29, 0.717) is 17.8 Å². The third-order valence-electron chi connectivity index (χ3n) is 5.09. The molecule has 0 saturated carbocycles. The number of carbonyl (C=O) groups is 1. The lowest BCUT2D eigenvalue weighted by atomic mass is 9.93. The number of carbonyl (C=O) groups excluding carboxylic acids is 1. The van der Waals surface area contributed by atoms with Gasteiger partial charge in [0.05, 0.1) is 11.7 Å². The zero-order valence-corrected chi connectivity index (χ0v) is 15.4. The van der Waals surface area contributed by atoms with E-state index < -0.39 is 0 Å². The summed E-state index contributed by atoms with van der Waals surface area (Å²) >= 11 is 0. The predicted molar refractivity (Wildman–Crippen MR) is 106 cm³/mol. The molecule has 1 amide bonds. The molecule has 2 N–H and O–H groups in total. The van der Waals surface area contributed by atoms with Gasteiger partial charge in [0.25, 0.3) is 5.91 Å². The van der Waals surface area contributed by atoms with E-state index in [2.05, 4.69) is 9.97 Å². The third kappa shape index (κ3) is 3.58. The number of piperidine rings is 1. The van der Waals surface area contributed by atoms with E-state index in [4.69, 9.17) is 5.73 Å². The van der Waals surface area contributed by atoms with E-state index in [1.54, 1.807) is 18.3 Å². The van der Waals surface area contributed by atoms with Gasteiger partial charge in [0.15, 0.2) is 0 Å². The standard InChI is InChI=1S/C22H21FN4O/c23-17-11-9-15(10-12-17)18-14-25-22(24)26-20(18)19-8-4-5-13-27(19)21(28)16-6-2-1-3-7-16/h1-3,6-7,9-12,14,19H,4-5,8,13H2,(H2,24,25,26)/t19-/m1/s1. The van der Waals surface area contributed by atoms with Crippen molar-refractivity contribution in [3.63, 3.8) is 0 Å². The van der Waals surface area contributed by atoms with Gasteiger partial charge in [-0.3, -0.25) is 4.79 Å². The average Bonchev–Trinajstić information content (AvgIpc) is 2.74. The summed E-state index contributed by atoms with van der Waals surface area (Å²) in [7, 11) is 0. The molecule has 1 saturated heterocycles. The molecule has 1 atom stereocenters. The Kier molecular flexibility index (Phi) is 5.02. The van der Waals surface area contributed by atoms with Crippen molar-refractivity contribution in [3.05, 3.63) is 77.9 Å². The fraction of sp³-hybridized carbons (Fsp3) is 0.227. The second-order valence-corrected chi connectivity index (χ2v) is 6.91. The number of likely N-dealkylation sites (tertiary alicyclic amines) is 1. The van der Waals surface area contributed by atoms with Crippen LogP contribution in [-0.2, 0) is 0 Å². The SMILES string of the molecule is Nc1ncc(-c2ccc(F)cc2)c([C@H]2CCCCN2C(=O)c2ccccc2)n1. The number of hydrogen-bond donors (Lipinski definition) is 1. The Hall–Kier alpha value is -3.28. The van der Waals surface area contributed by atoms with Gasteiger partial charge in [0.2, 0.25) is 5.95 Å². The van der Waals surface area contributed by atoms with Crippen LogP contribution in [0, 0.1) is 5.82 Å². The Morgan fingerprint density at radius 1 is 1.07 bits per heavy atom. The Morgan fingerprint density at radius 3 is 2.57 bits per heavy atom. The summed E-state index contributed by atoms with van der Waals surface area (Å²) in [4.78, 5) is 23.7. The molecule has 1 aliphatic rings. The maximum absolute atomic E-state index is 13.4. The highest BCUT2D eigenvalue weighted by molar-refractivity contribution is 5.94. The highest BCUT2D eigenvalue weighted by atomic mass is 19.1. The predicted octanol–water partition coefficient (Wildman–Crippen LogP) is 4.23. The third-order valence-corrected chi connectivity index (χ3v) is 5.09. The number of nitrogens with zero attached hydrogens (tertiary/aromatic N) is 3. The van der Waals surface area contributed by atoms with Crippen molar-refractivity contribution in [1.82, 2.24) is 14.9 Å². The van der Waals surface area contributed by atoms with Crippen LogP contribution in [0.25, 0.3) is 11.1 Å². The van der Waals surface area contributed by atoms with Crippen LogP contribution in [0.15, 0.2) is 60.8 Å². The molecule has 28 heavy (non-hydrogen) atoms. The molecule has 2 heterocycles. The van der Waals surface area contributed by atoms with Crippen molar-refractivity contribution < 1.29 is 9.18 Å². The molecule has 0 aliphatic carbocycles. The fourth-order valence-electron chi connectivity index (χ4n) is 3.72. The van der Waals surface area contributed by atoms with Crippen LogP contribution in [0.5, 0.6) is 0 Å². The number of anilines is 1. The van der Waals surface area contributed by atoms with Gasteiger partial charge in [-0.15, -0.1) is 0 Å². The van der Waals surface area contributed by atoms with Gasteiger partial charge in [-0.2, -0.15) is 0 Å². The summed E-state index contributed by atoms with van der Waals surface area (Å²) in [6.07, 6.45) is 4.39. The normalized spacial score (nSPS) is 16.8. The summed E-state index contributed by atoms with van der Waals surface area (Å²) in [5.74, 6) is -0.161. The Labute approximate surface area is 163 Å². The van der Waals surface area contributed by atoms with Crippen LogP contribution in [0.2, 0.25) is 0 Å². The number of nitrogens with two attached hydrogens (primary N) is 1. The molecule has 3 aromatic rings. The molecule has 5 nitrogen and oxygen atoms in total. The van der Waals surface area contributed by atoms with E-state index in [-0.39, 0.29) is 23.7 Å². The van der Waals surface area contributed by atoms with Crippen LogP contribution >= 0.6 is 0 Å². The van der Waals surface area contributed by atoms with E-state index in [1.807, 2.05) is 35.2 Å². The largest absolute Gasteiger partial charge is 0.368 e. The highest BCUT2D eigenvalue weighted by Crippen LogP contribution is 2.36. The lowest BCUT2D eigenvalue weighted by molar-refractivity contribution is 0.0607. The Balaban J connectivity index is 1.76. The molecular weight excluding hydrogens is 355 g/mol. The molecule has 6 heteroatoms. The first-order chi connectivity index (χ1) is 13.6. The van der Waals surface area contributed by atoms with Gasteiger partial charge >= 0.3 is 0 Å². The first kappa shape index (κ1) is 18.1. The molecule has 0 spiro atoms. The number of rotatable bonds is 3. The number of nitrogen functional groups attached to an aromatic ring is 1. The van der Waals surface area contributed by atoms with Gasteiger partial charge in [0, 0.05) is 23.9 Å². The Morgan fingerprint density at radius 2 is 1.82 bits per heavy atom. The lowest BCUT2D eigenvalue weighted by Crippen LogP contribution is -2.39. The van der Waals surface area contributed by atoms with Gasteiger partial charge < -0.3 is 10.6 Å². The maximum atomic E-state index is 13.4. The summed E-state index contributed by atoms with van der Waals surface area (Å²) in [6, 6.07) is 15.3. The van der Waals surface area contributed by atoms with E-state index in [9.17, 15) is 9.18 Å². The molecule has 2 aromatic carbocycles. The number of amides is 1. The minimum absolute atomic E-state index is 0.0208. The van der Waals surface area contributed by atoms with Crippen LogP contribution < -0.4 is 5.73 Å². The first-order valence-electron chi connectivity index (χ1n) is 9.38. The van der Waals surface area contributed by atoms with E-state index in [0.717, 1.165) is 30.4 Å². The zero-order valence-electron chi connectivity index (χ0n) is 15.4. The van der Waals surface area contributed by atoms with Crippen molar-refractivity contribution in [3.8, 4) is 11.1 Å². The van der Waals surface area contributed by atoms with Crippen LogP contribution in [-0.4, -0.2) is 27.3 Å². The average molecular weight is 376 g/mol. The van der Waals surface area contributed by atoms with Crippen LogP contribution in [0.1, 0.15) is 41.4 Å². The molecule has 1 aromatic heterocycles. The van der Waals surface area contributed by atoms with E-state index >= 15 is 0 Å². The first-order valence-corrected chi connectivity index (χ1v) is 9.38. The maximum Gasteiger partial charge on any atom is 0.254 e. The van der Waals surface area contributed by atoms with Crippen molar-refractivity contribution in [2.75, 3.05) is 12.3 Å². The van der Waals surface area contributed by atoms with Gasteiger partial charge in [-0.1, -0.05) is 30.3 Å². The molecule has 4 rings (SSSR count). The molecule has 0 radical (unpaired) electrons. The minimum Gasteiger partial charge on any atom is -0.368 e. The molecular formula is C22H21FN4O. The highest BCUT2D eigenvalue weighted by Gasteiger charge is 2.31. The smallest absolute Gasteiger partial charge is 0.254 e. The number of aromatic nitrogens is 2. The summed E-state index contributed by atoms with van der Waals surface area (Å²) in [5, 5.41) is 0. The van der Waals surface area contributed by atoms with Gasteiger partial charge in [0.1, 0.15) is 5.82 Å². The van der Waals surface area contributed by atoms with Crippen LogP contribution in [0.3, 0.4) is 0 Å². The summed E-state index contributed by atoms with van der Waals surface area (Å²) < 4.78 is 13.4. The number of hydrogen-bond acceptors (Lipinski definition) is 4. The fourth-order valence-corrected chi connectivity index (χ4v) is 3.72. The lowest BCUT2D eigenvalue weighted by Gasteiger charge is -2.36. The second kappa shape index (κ2) is 7.76. The molecule has 142 valence electrons. The van der Waals surface area contributed by atoms with Crippen molar-refractivity contribution in [1.29, 1.82) is 0 Å². The van der Waals surface area contributed by atoms with E-state index in [1.165, 1.54) is 12.1 Å². The molecule has 1 fully saturated rings. The molecule has 1 aliphatic heterocycles. The number of benzene rings is 2. The van der Waals surface area contributed by atoms with Gasteiger partial charge in [-0.25, -0.2) is 14.4 Å². The second-order valence-electron chi connectivity index (χ2n) is 6.91. The topological polar surface area (TPSA) is 72.1 Å². The molecule has 0 unspecified atom stereocenters. The number of halogens is 1. The monoisotopic (exact) mass is 376 g/mol. The summed E-state index contributed by atoms with van der Waals surface area (Å²) in [6.45, 7) is 0.658. The van der Waals surface area contributed by atoms with Crippen molar-refractivity contribution in [2.45, 2.75) is 25.3 Å². The van der Waals surface area contributed by atoms with Gasteiger partial charge in [-0.05, 0) is 49.1 Å². The Bertz CT molecular complexity index is 976. The minimum atomic E-state index is -0.305. The van der Waals surface area contributed by atoms with Crippen molar-refractivity contribution in [2.24, 2.45) is 0 Å². The zero-order chi connectivity index (χ0) is 19.5. The molecule has 0 bridgehead atoms. The van der Waals surface area contributed by atoms with Crippen LogP contribution in [0.4, 0.5) is 10.3 Å².